The minimum Gasteiger partial charge on any atom is -0.481 e. The Labute approximate surface area is 271 Å². The lowest BCUT2D eigenvalue weighted by atomic mass is 9.93. The largest absolute Gasteiger partial charge is 0.481 e. The molecule has 3 aromatic carbocycles. The first-order valence-electron chi connectivity index (χ1n) is 15.8. The molecule has 7 rings (SSSR count). The molecule has 0 saturated carbocycles. The monoisotopic (exact) mass is 629 g/mol. The number of fused-ring (bicyclic) bond motifs is 2. The topological polar surface area (TPSA) is 149 Å². The van der Waals surface area contributed by atoms with Crippen molar-refractivity contribution in [1.29, 1.82) is 5.26 Å². The number of carboxylic acid groups (broad SMARTS) is 1. The lowest BCUT2D eigenvalue weighted by Crippen LogP contribution is -2.24. The van der Waals surface area contributed by atoms with Crippen LogP contribution in [0.5, 0.6) is 0 Å². The van der Waals surface area contributed by atoms with Crippen LogP contribution in [0.2, 0.25) is 0 Å². The fourth-order valence-electron chi connectivity index (χ4n) is 6.88. The van der Waals surface area contributed by atoms with Crippen LogP contribution in [0.15, 0.2) is 52.9 Å². The molecule has 4 heterocycles. The van der Waals surface area contributed by atoms with Crippen molar-refractivity contribution < 1.29 is 19.1 Å². The zero-order valence-corrected chi connectivity index (χ0v) is 26.6. The first kappa shape index (κ1) is 30.3. The molecule has 1 saturated heterocycles. The van der Waals surface area contributed by atoms with E-state index in [9.17, 15) is 20.0 Å². The molecule has 11 heteroatoms. The molecule has 11 nitrogen and oxygen atoms in total. The molecule has 3 N–H and O–H groups in total. The van der Waals surface area contributed by atoms with Crippen LogP contribution in [0.1, 0.15) is 50.7 Å². The van der Waals surface area contributed by atoms with E-state index in [4.69, 9.17) is 9.40 Å². The predicted octanol–water partition coefficient (Wildman–Crippen LogP) is 5.19. The average molecular weight is 630 g/mol. The van der Waals surface area contributed by atoms with E-state index >= 15 is 0 Å². The molecule has 0 bridgehead atoms. The second kappa shape index (κ2) is 12.1. The second-order valence-corrected chi connectivity index (χ2v) is 12.4. The van der Waals surface area contributed by atoms with E-state index in [1.165, 1.54) is 0 Å². The van der Waals surface area contributed by atoms with Crippen LogP contribution in [-0.2, 0) is 31.4 Å². The first-order valence-corrected chi connectivity index (χ1v) is 15.8. The number of hydrogen-bond donors (Lipinski definition) is 3. The van der Waals surface area contributed by atoms with Gasteiger partial charge in [-0.05, 0) is 78.9 Å². The van der Waals surface area contributed by atoms with Crippen LogP contribution in [0.25, 0.3) is 33.7 Å². The number of carbonyl (C=O) groups is 2. The van der Waals surface area contributed by atoms with Gasteiger partial charge >= 0.3 is 5.97 Å². The fraction of sp³-hybridized carbons (Fsp3) is 0.306. The Morgan fingerprint density at radius 1 is 1.11 bits per heavy atom. The van der Waals surface area contributed by atoms with Gasteiger partial charge in [0.2, 0.25) is 5.89 Å². The number of hydrogen-bond acceptors (Lipinski definition) is 8. The van der Waals surface area contributed by atoms with Crippen molar-refractivity contribution in [2.45, 2.75) is 39.8 Å². The van der Waals surface area contributed by atoms with Gasteiger partial charge in [0.15, 0.2) is 11.4 Å². The molecule has 1 fully saturated rings. The number of aromatic nitrogens is 3. The summed E-state index contributed by atoms with van der Waals surface area (Å²) in [5, 5.41) is 25.7. The number of amides is 1. The molecular weight excluding hydrogens is 594 g/mol. The second-order valence-electron chi connectivity index (χ2n) is 12.4. The molecule has 5 aromatic rings. The molecule has 0 aliphatic carbocycles. The number of rotatable bonds is 7. The van der Waals surface area contributed by atoms with Gasteiger partial charge in [-0.2, -0.15) is 5.26 Å². The lowest BCUT2D eigenvalue weighted by molar-refractivity contribution is -0.141. The molecule has 1 amide bonds. The summed E-state index contributed by atoms with van der Waals surface area (Å²) in [5.41, 5.74) is 9.61. The van der Waals surface area contributed by atoms with Crippen molar-refractivity contribution in [2.24, 2.45) is 13.0 Å². The Morgan fingerprint density at radius 3 is 2.62 bits per heavy atom. The number of carboxylic acids is 1. The van der Waals surface area contributed by atoms with Gasteiger partial charge in [0.25, 0.3) is 5.91 Å². The van der Waals surface area contributed by atoms with Crippen LogP contribution >= 0.6 is 0 Å². The van der Waals surface area contributed by atoms with E-state index in [0.717, 1.165) is 57.7 Å². The summed E-state index contributed by atoms with van der Waals surface area (Å²) in [7, 11) is 1.89. The molecule has 2 aliphatic heterocycles. The van der Waals surface area contributed by atoms with Crippen LogP contribution in [0.3, 0.4) is 0 Å². The third-order valence-corrected chi connectivity index (χ3v) is 9.47. The third-order valence-electron chi connectivity index (χ3n) is 9.47. The van der Waals surface area contributed by atoms with Crippen molar-refractivity contribution in [3.8, 4) is 28.7 Å². The Hall–Kier alpha value is -5.31. The number of anilines is 1. The highest BCUT2D eigenvalue weighted by Gasteiger charge is 2.28. The molecule has 0 radical (unpaired) electrons. The van der Waals surface area contributed by atoms with Crippen molar-refractivity contribution in [2.75, 3.05) is 25.0 Å². The molecule has 1 unspecified atom stereocenters. The minimum atomic E-state index is -0.772. The number of likely N-dealkylation sites (tertiary alicyclic amines) is 1. The maximum atomic E-state index is 13.4. The Balaban J connectivity index is 1.18. The molecule has 238 valence electrons. The minimum absolute atomic E-state index is 0.252. The van der Waals surface area contributed by atoms with Crippen LogP contribution in [-0.4, -0.2) is 56.1 Å². The molecule has 2 aliphatic rings. The van der Waals surface area contributed by atoms with Gasteiger partial charge < -0.3 is 24.7 Å². The Kier molecular flexibility index (Phi) is 7.83. The maximum absolute atomic E-state index is 13.4. The number of nitrogens with one attached hydrogen (secondary N) is 2. The fourth-order valence-corrected chi connectivity index (χ4v) is 6.88. The molecule has 0 spiro atoms. The highest BCUT2D eigenvalue weighted by Crippen LogP contribution is 2.37. The van der Waals surface area contributed by atoms with Crippen LogP contribution in [0.4, 0.5) is 5.69 Å². The number of aliphatic carboxylic acids is 1. The van der Waals surface area contributed by atoms with Gasteiger partial charge in [-0.15, -0.1) is 0 Å². The number of oxazole rings is 1. The van der Waals surface area contributed by atoms with Gasteiger partial charge in [0, 0.05) is 56.6 Å². The van der Waals surface area contributed by atoms with Crippen molar-refractivity contribution in [1.82, 2.24) is 24.8 Å². The first-order chi connectivity index (χ1) is 22.7. The summed E-state index contributed by atoms with van der Waals surface area (Å²) in [6.45, 7) is 7.25. The SMILES string of the molecule is Cc1c(NC(=O)c2nc3c(n2C)CCNC3)cccc1-c1cccc(-c2nc3cc(CN4CCC(C(=O)O)C4)cc(C#N)c3o2)c1C. The number of benzene rings is 3. The van der Waals surface area contributed by atoms with Gasteiger partial charge in [0.1, 0.15) is 11.6 Å². The Bertz CT molecular complexity index is 2100. The van der Waals surface area contributed by atoms with E-state index in [1.54, 1.807) is 6.07 Å². The smallest absolute Gasteiger partial charge is 0.307 e. The summed E-state index contributed by atoms with van der Waals surface area (Å²) >= 11 is 0. The molecular formula is C36H35N7O4. The van der Waals surface area contributed by atoms with E-state index in [0.29, 0.717) is 66.7 Å². The Morgan fingerprint density at radius 2 is 1.87 bits per heavy atom. The standard InChI is InChI=1S/C36H35N7O4/c1-20-25(26-7-5-9-28(21(26)2)40-34(44)33-39-30-17-38-12-10-31(30)42(33)3)6-4-8-27(20)35-41-29-15-22(14-24(16-37)32(29)47-35)18-43-13-11-23(19-43)36(45)46/h4-9,14-15,23,38H,10-13,17-19H2,1-3H3,(H,40,44)(H,45,46). The molecule has 2 aromatic heterocycles. The van der Waals surface area contributed by atoms with Crippen molar-refractivity contribution in [3.05, 3.63) is 88.0 Å². The molecule has 1 atom stereocenters. The van der Waals surface area contributed by atoms with Crippen LogP contribution in [0, 0.1) is 31.1 Å². The normalized spacial score (nSPS) is 16.3. The van der Waals surface area contributed by atoms with Gasteiger partial charge in [0.05, 0.1) is 17.2 Å². The summed E-state index contributed by atoms with van der Waals surface area (Å²) in [6, 6.07) is 17.8. The average Bonchev–Trinajstić information content (AvgIpc) is 3.80. The predicted molar refractivity (Wildman–Crippen MR) is 177 cm³/mol. The maximum Gasteiger partial charge on any atom is 0.307 e. The quantitative estimate of drug-likeness (QED) is 0.221. The van der Waals surface area contributed by atoms with E-state index < -0.39 is 5.97 Å². The van der Waals surface area contributed by atoms with Gasteiger partial charge in [-0.25, -0.2) is 9.97 Å². The van der Waals surface area contributed by atoms with Crippen molar-refractivity contribution in [3.63, 3.8) is 0 Å². The number of imidazole rings is 1. The summed E-state index contributed by atoms with van der Waals surface area (Å²) in [6.07, 6.45) is 1.45. The highest BCUT2D eigenvalue weighted by molar-refractivity contribution is 6.03. The summed E-state index contributed by atoms with van der Waals surface area (Å²) in [5.74, 6) is -0.588. The zero-order chi connectivity index (χ0) is 32.8. The van der Waals surface area contributed by atoms with Crippen LogP contribution < -0.4 is 10.6 Å². The van der Waals surface area contributed by atoms with E-state index in [-0.39, 0.29) is 11.8 Å². The molecule has 47 heavy (non-hydrogen) atoms. The number of nitrogens with zero attached hydrogens (tertiary/aromatic N) is 5. The van der Waals surface area contributed by atoms with Gasteiger partial charge in [-0.1, -0.05) is 24.3 Å². The zero-order valence-electron chi connectivity index (χ0n) is 26.6. The highest BCUT2D eigenvalue weighted by atomic mass is 16.4. The number of nitriles is 1. The van der Waals surface area contributed by atoms with Gasteiger partial charge in [-0.3, -0.25) is 14.5 Å². The summed E-state index contributed by atoms with van der Waals surface area (Å²) in [4.78, 5) is 36.3. The van der Waals surface area contributed by atoms with E-state index in [2.05, 4.69) is 26.6 Å². The summed E-state index contributed by atoms with van der Waals surface area (Å²) < 4.78 is 8.12. The number of carbonyl (C=O) groups excluding carboxylic acids is 1. The van der Waals surface area contributed by atoms with E-state index in [1.807, 2.05) is 67.9 Å². The third kappa shape index (κ3) is 5.56. The lowest BCUT2D eigenvalue weighted by Gasteiger charge is -2.16. The van der Waals surface area contributed by atoms with Crippen molar-refractivity contribution >= 4 is 28.7 Å².